The Balaban J connectivity index is 1.41. The van der Waals surface area contributed by atoms with Crippen LogP contribution in [0.3, 0.4) is 0 Å². The molecule has 0 aliphatic carbocycles. The summed E-state index contributed by atoms with van der Waals surface area (Å²) in [7, 11) is 0. The van der Waals surface area contributed by atoms with Gasteiger partial charge in [-0.1, -0.05) is 12.1 Å². The summed E-state index contributed by atoms with van der Waals surface area (Å²) in [4.78, 5) is 39.4. The lowest BCUT2D eigenvalue weighted by Crippen LogP contribution is -2.58. The van der Waals surface area contributed by atoms with E-state index >= 15 is 0 Å². The minimum Gasteiger partial charge on any atom is -0.485 e. The number of ketones is 2. The van der Waals surface area contributed by atoms with Gasteiger partial charge in [0.25, 0.3) is 0 Å². The molecular weight excluding hydrogens is 416 g/mol. The summed E-state index contributed by atoms with van der Waals surface area (Å²) in [5.74, 6) is 0.0242. The third kappa shape index (κ3) is 3.24. The van der Waals surface area contributed by atoms with Gasteiger partial charge in [-0.15, -0.1) is 0 Å². The number of hydrogen-bond acceptors (Lipinski definition) is 6. The van der Waals surface area contributed by atoms with Gasteiger partial charge >= 0.3 is 0 Å². The number of aromatic amines is 1. The maximum absolute atomic E-state index is 13.9. The number of hydrogen-bond donors (Lipinski definition) is 2. The molecule has 1 fully saturated rings. The summed E-state index contributed by atoms with van der Waals surface area (Å²) in [6.45, 7) is 1.40. The van der Waals surface area contributed by atoms with E-state index in [4.69, 9.17) is 4.74 Å². The van der Waals surface area contributed by atoms with Crippen LogP contribution in [0.25, 0.3) is 22.4 Å². The molecule has 0 saturated carbocycles. The van der Waals surface area contributed by atoms with Crippen LogP contribution in [0.5, 0.6) is 5.75 Å². The van der Waals surface area contributed by atoms with Gasteiger partial charge in [0, 0.05) is 36.4 Å². The van der Waals surface area contributed by atoms with Crippen molar-refractivity contribution >= 4 is 22.6 Å². The van der Waals surface area contributed by atoms with Crippen LogP contribution in [0.1, 0.15) is 33.6 Å². The smallest absolute Gasteiger partial charge is 0.181 e. The van der Waals surface area contributed by atoms with Crippen LogP contribution in [0.2, 0.25) is 0 Å². The molecule has 1 atom stereocenters. The lowest BCUT2D eigenvalue weighted by atomic mass is 9.70. The number of imidazole rings is 1. The molecule has 1 saturated heterocycles. The first-order valence-corrected chi connectivity index (χ1v) is 11.1. The number of nitrogens with zero attached hydrogens (tertiary/aromatic N) is 2. The minimum absolute atomic E-state index is 0.161. The van der Waals surface area contributed by atoms with Crippen LogP contribution < -0.4 is 10.1 Å². The molecular formula is C26H22N4O3. The van der Waals surface area contributed by atoms with Crippen molar-refractivity contribution in [3.63, 3.8) is 0 Å². The second kappa shape index (κ2) is 7.64. The van der Waals surface area contributed by atoms with E-state index in [1.807, 2.05) is 30.3 Å². The Morgan fingerprint density at radius 2 is 1.82 bits per heavy atom. The Labute approximate surface area is 190 Å². The molecule has 7 heteroatoms. The standard InChI is InChI=1S/C26H22N4O3/c31-23(17-5-6-19-20(15-17)30-25(29-19)16-7-11-27-12-8-16)22-24(32)18-3-1-2-4-21(18)33-26(22)9-13-28-14-10-26/h1-8,11-12,15,22,28H,9-10,13-14H2,(H,29,30). The van der Waals surface area contributed by atoms with Crippen LogP contribution in [0, 0.1) is 5.92 Å². The summed E-state index contributed by atoms with van der Waals surface area (Å²) in [5.41, 5.74) is 2.53. The van der Waals surface area contributed by atoms with Gasteiger partial charge in [0.1, 0.15) is 23.1 Å². The number of H-pyrrole nitrogens is 1. The fourth-order valence-electron chi connectivity index (χ4n) is 5.01. The largest absolute Gasteiger partial charge is 0.485 e. The number of pyridine rings is 1. The van der Waals surface area contributed by atoms with Crippen LogP contribution in [-0.4, -0.2) is 45.2 Å². The summed E-state index contributed by atoms with van der Waals surface area (Å²) in [6.07, 6.45) is 4.62. The first-order chi connectivity index (χ1) is 16.1. The van der Waals surface area contributed by atoms with Gasteiger partial charge in [-0.25, -0.2) is 4.98 Å². The van der Waals surface area contributed by atoms with Crippen LogP contribution in [0.15, 0.2) is 67.0 Å². The molecule has 0 amide bonds. The van der Waals surface area contributed by atoms with Gasteiger partial charge in [0.15, 0.2) is 11.6 Å². The molecule has 6 rings (SSSR count). The molecule has 2 aromatic heterocycles. The Morgan fingerprint density at radius 1 is 1.03 bits per heavy atom. The Kier molecular flexibility index (Phi) is 4.58. The molecule has 1 unspecified atom stereocenters. The fraction of sp³-hybridized carbons (Fsp3) is 0.231. The lowest BCUT2D eigenvalue weighted by Gasteiger charge is -2.45. The van der Waals surface area contributed by atoms with Crippen molar-refractivity contribution in [2.24, 2.45) is 5.92 Å². The van der Waals surface area contributed by atoms with Gasteiger partial charge in [-0.05, 0) is 55.6 Å². The number of piperidine rings is 1. The molecule has 2 N–H and O–H groups in total. The van der Waals surface area contributed by atoms with E-state index < -0.39 is 11.5 Å². The molecule has 33 heavy (non-hydrogen) atoms. The molecule has 7 nitrogen and oxygen atoms in total. The highest BCUT2D eigenvalue weighted by Gasteiger charge is 2.53. The zero-order valence-corrected chi connectivity index (χ0v) is 17.9. The maximum atomic E-state index is 13.9. The van der Waals surface area contributed by atoms with E-state index in [9.17, 15) is 9.59 Å². The van der Waals surface area contributed by atoms with E-state index in [0.717, 1.165) is 16.6 Å². The highest BCUT2D eigenvalue weighted by Crippen LogP contribution is 2.43. The molecule has 2 aliphatic heterocycles. The van der Waals surface area contributed by atoms with Crippen molar-refractivity contribution in [2.75, 3.05) is 13.1 Å². The Hall–Kier alpha value is -3.84. The summed E-state index contributed by atoms with van der Waals surface area (Å²) in [6, 6.07) is 16.3. The summed E-state index contributed by atoms with van der Waals surface area (Å²) < 4.78 is 6.43. The molecule has 0 bridgehead atoms. The van der Waals surface area contributed by atoms with E-state index in [1.54, 1.807) is 36.7 Å². The third-order valence-electron chi connectivity index (χ3n) is 6.69. The van der Waals surface area contributed by atoms with E-state index in [-0.39, 0.29) is 11.6 Å². The van der Waals surface area contributed by atoms with E-state index in [1.165, 1.54) is 0 Å². The first-order valence-electron chi connectivity index (χ1n) is 11.1. The minimum atomic E-state index is -0.880. The Bertz CT molecular complexity index is 1370. The zero-order valence-electron chi connectivity index (χ0n) is 17.9. The molecule has 164 valence electrons. The highest BCUT2D eigenvalue weighted by atomic mass is 16.5. The highest BCUT2D eigenvalue weighted by molar-refractivity contribution is 6.19. The quantitative estimate of drug-likeness (QED) is 0.373. The summed E-state index contributed by atoms with van der Waals surface area (Å²) in [5, 5.41) is 3.32. The van der Waals surface area contributed by atoms with Crippen molar-refractivity contribution < 1.29 is 14.3 Å². The van der Waals surface area contributed by atoms with E-state index in [0.29, 0.717) is 48.6 Å². The molecule has 4 heterocycles. The predicted molar refractivity (Wildman–Crippen MR) is 123 cm³/mol. The van der Waals surface area contributed by atoms with Crippen molar-refractivity contribution in [1.29, 1.82) is 0 Å². The molecule has 2 aliphatic rings. The van der Waals surface area contributed by atoms with Crippen LogP contribution >= 0.6 is 0 Å². The molecule has 4 aromatic rings. The first kappa shape index (κ1) is 19.8. The maximum Gasteiger partial charge on any atom is 0.181 e. The molecule has 0 radical (unpaired) electrons. The van der Waals surface area contributed by atoms with Crippen molar-refractivity contribution in [3.05, 3.63) is 78.1 Å². The number of para-hydroxylation sites is 1. The number of carbonyl (C=O) groups excluding carboxylic acids is 2. The second-order valence-electron chi connectivity index (χ2n) is 8.63. The van der Waals surface area contributed by atoms with Gasteiger partial charge in [-0.2, -0.15) is 0 Å². The average molecular weight is 438 g/mol. The number of carbonyl (C=O) groups is 2. The van der Waals surface area contributed by atoms with E-state index in [2.05, 4.69) is 20.3 Å². The number of Topliss-reactive ketones (excluding diaryl/α,β-unsaturated/α-hetero) is 2. The number of nitrogens with one attached hydrogen (secondary N) is 2. The van der Waals surface area contributed by atoms with Gasteiger partial charge in [0.05, 0.1) is 16.6 Å². The topological polar surface area (TPSA) is 97.0 Å². The van der Waals surface area contributed by atoms with Crippen molar-refractivity contribution in [3.8, 4) is 17.1 Å². The normalized spacial score (nSPS) is 19.3. The zero-order chi connectivity index (χ0) is 22.4. The number of rotatable bonds is 3. The van der Waals surface area contributed by atoms with Crippen molar-refractivity contribution in [2.45, 2.75) is 18.4 Å². The lowest BCUT2D eigenvalue weighted by molar-refractivity contribution is -0.0138. The SMILES string of the molecule is O=C(c1ccc2nc(-c3ccncc3)[nH]c2c1)C1C(=O)c2ccccc2OC12CCNCC2. The number of benzene rings is 2. The van der Waals surface area contributed by atoms with Gasteiger partial charge in [-0.3, -0.25) is 14.6 Å². The van der Waals surface area contributed by atoms with Gasteiger partial charge in [0.2, 0.25) is 0 Å². The summed E-state index contributed by atoms with van der Waals surface area (Å²) >= 11 is 0. The van der Waals surface area contributed by atoms with Crippen LogP contribution in [0.4, 0.5) is 0 Å². The average Bonchev–Trinajstić information content (AvgIpc) is 3.29. The number of fused-ring (bicyclic) bond motifs is 2. The molecule has 2 aromatic carbocycles. The second-order valence-corrected chi connectivity index (χ2v) is 8.63. The third-order valence-corrected chi connectivity index (χ3v) is 6.69. The van der Waals surface area contributed by atoms with Crippen LogP contribution in [-0.2, 0) is 0 Å². The monoisotopic (exact) mass is 438 g/mol. The fourth-order valence-corrected chi connectivity index (χ4v) is 5.01. The number of aromatic nitrogens is 3. The number of ether oxygens (including phenoxy) is 1. The molecule has 1 spiro atoms. The van der Waals surface area contributed by atoms with Gasteiger partial charge < -0.3 is 15.0 Å². The Morgan fingerprint density at radius 3 is 2.64 bits per heavy atom. The predicted octanol–water partition coefficient (Wildman–Crippen LogP) is 3.82. The van der Waals surface area contributed by atoms with Crippen molar-refractivity contribution in [1.82, 2.24) is 20.3 Å².